The number of hydrogen-bond acceptors (Lipinski definition) is 3. The lowest BCUT2D eigenvalue weighted by atomic mass is 9.78. The van der Waals surface area contributed by atoms with Crippen LogP contribution in [0, 0.1) is 11.8 Å². The summed E-state index contributed by atoms with van der Waals surface area (Å²) >= 11 is 0. The van der Waals surface area contributed by atoms with Crippen LogP contribution in [0.2, 0.25) is 0 Å². The normalized spacial score (nSPS) is 21.2. The molecule has 3 nitrogen and oxygen atoms in total. The van der Waals surface area contributed by atoms with Crippen molar-refractivity contribution < 1.29 is 0 Å². The molecule has 1 aliphatic carbocycles. The van der Waals surface area contributed by atoms with E-state index in [2.05, 4.69) is 89.9 Å². The Bertz CT molecular complexity index is 810. The van der Waals surface area contributed by atoms with Crippen molar-refractivity contribution in [3.8, 4) is 0 Å². The Morgan fingerprint density at radius 2 is 1.59 bits per heavy atom. The predicted molar refractivity (Wildman–Crippen MR) is 139 cm³/mol. The van der Waals surface area contributed by atoms with Gasteiger partial charge in [0.05, 0.1) is 0 Å². The van der Waals surface area contributed by atoms with Crippen molar-refractivity contribution in [2.24, 2.45) is 11.8 Å². The second kappa shape index (κ2) is 13.2. The SMILES string of the molecule is C=C.C=C(NCC1CCCCC1CN1CCNCC1)c1cccc(Cc2ccccc2)c1. The van der Waals surface area contributed by atoms with Crippen LogP contribution in [0.5, 0.6) is 0 Å². The highest BCUT2D eigenvalue weighted by atomic mass is 15.2. The lowest BCUT2D eigenvalue weighted by Gasteiger charge is -2.37. The van der Waals surface area contributed by atoms with Crippen LogP contribution in [0.3, 0.4) is 0 Å². The van der Waals surface area contributed by atoms with Crippen LogP contribution in [0.15, 0.2) is 74.3 Å². The first-order valence-corrected chi connectivity index (χ1v) is 12.3. The number of benzene rings is 2. The number of piperazine rings is 1. The third-order valence-electron chi connectivity index (χ3n) is 6.87. The summed E-state index contributed by atoms with van der Waals surface area (Å²) in [5.74, 6) is 1.58. The summed E-state index contributed by atoms with van der Waals surface area (Å²) in [5, 5.41) is 7.18. The molecule has 4 rings (SSSR count). The molecule has 2 aromatic carbocycles. The van der Waals surface area contributed by atoms with Gasteiger partial charge in [0.1, 0.15) is 0 Å². The molecule has 2 N–H and O–H groups in total. The fourth-order valence-corrected chi connectivity index (χ4v) is 5.08. The lowest BCUT2D eigenvalue weighted by Crippen LogP contribution is -2.47. The molecule has 1 heterocycles. The zero-order valence-corrected chi connectivity index (χ0v) is 19.7. The maximum absolute atomic E-state index is 4.37. The first-order chi connectivity index (χ1) is 15.8. The lowest BCUT2D eigenvalue weighted by molar-refractivity contribution is 0.140. The molecule has 2 unspecified atom stereocenters. The first-order valence-electron chi connectivity index (χ1n) is 12.3. The summed E-state index contributed by atoms with van der Waals surface area (Å²) in [6.07, 6.45) is 6.48. The number of hydrogen-bond donors (Lipinski definition) is 2. The number of nitrogens with one attached hydrogen (secondary N) is 2. The molecule has 32 heavy (non-hydrogen) atoms. The van der Waals surface area contributed by atoms with E-state index in [0.29, 0.717) is 0 Å². The molecule has 172 valence electrons. The van der Waals surface area contributed by atoms with Crippen LogP contribution in [-0.4, -0.2) is 44.2 Å². The van der Waals surface area contributed by atoms with Crippen LogP contribution < -0.4 is 10.6 Å². The van der Waals surface area contributed by atoms with E-state index in [1.807, 2.05) is 0 Å². The topological polar surface area (TPSA) is 27.3 Å². The van der Waals surface area contributed by atoms with Gasteiger partial charge in [-0.05, 0) is 53.9 Å². The summed E-state index contributed by atoms with van der Waals surface area (Å²) in [4.78, 5) is 2.67. The van der Waals surface area contributed by atoms with Gasteiger partial charge in [-0.25, -0.2) is 0 Å². The summed E-state index contributed by atoms with van der Waals surface area (Å²) in [6, 6.07) is 19.5. The van der Waals surface area contributed by atoms with E-state index in [9.17, 15) is 0 Å². The van der Waals surface area contributed by atoms with Gasteiger partial charge in [0.25, 0.3) is 0 Å². The minimum absolute atomic E-state index is 0.762. The molecule has 1 saturated carbocycles. The average molecular weight is 432 g/mol. The van der Waals surface area contributed by atoms with Crippen molar-refractivity contribution in [3.05, 3.63) is 91.0 Å². The van der Waals surface area contributed by atoms with Crippen LogP contribution in [0.25, 0.3) is 5.70 Å². The molecule has 1 saturated heterocycles. The highest BCUT2D eigenvalue weighted by Crippen LogP contribution is 2.31. The summed E-state index contributed by atoms with van der Waals surface area (Å²) in [6.45, 7) is 17.4. The van der Waals surface area contributed by atoms with Crippen LogP contribution in [-0.2, 0) is 6.42 Å². The van der Waals surface area contributed by atoms with E-state index in [1.54, 1.807) is 0 Å². The third-order valence-corrected chi connectivity index (χ3v) is 6.87. The largest absolute Gasteiger partial charge is 0.385 e. The standard InChI is InChI=1S/C27H37N3.C2H4/c1-22(25-13-7-10-24(19-25)18-23-8-3-2-4-9-23)29-20-26-11-5-6-12-27(26)21-30-16-14-28-15-17-30;1-2/h2-4,7-10,13,19,26-29H,1,5-6,11-12,14-18,20-21H2;1-2H2. The molecule has 1 aliphatic heterocycles. The highest BCUT2D eigenvalue weighted by Gasteiger charge is 2.27. The zero-order valence-electron chi connectivity index (χ0n) is 19.7. The van der Waals surface area contributed by atoms with Crippen molar-refractivity contribution in [3.63, 3.8) is 0 Å². The maximum atomic E-state index is 4.37. The van der Waals surface area contributed by atoms with E-state index >= 15 is 0 Å². The van der Waals surface area contributed by atoms with Crippen molar-refractivity contribution in [1.82, 2.24) is 15.5 Å². The number of nitrogens with zero attached hydrogens (tertiary/aromatic N) is 1. The zero-order chi connectivity index (χ0) is 22.6. The molecular formula is C29H41N3. The Morgan fingerprint density at radius 3 is 2.34 bits per heavy atom. The molecular weight excluding hydrogens is 390 g/mol. The predicted octanol–water partition coefficient (Wildman–Crippen LogP) is 5.35. The fraction of sp³-hybridized carbons (Fsp3) is 0.448. The van der Waals surface area contributed by atoms with Gasteiger partial charge in [0.15, 0.2) is 0 Å². The Hall–Kier alpha value is -2.36. The molecule has 0 aromatic heterocycles. The molecule has 2 atom stereocenters. The molecule has 3 heteroatoms. The van der Waals surface area contributed by atoms with E-state index in [0.717, 1.165) is 43.6 Å². The second-order valence-corrected chi connectivity index (χ2v) is 9.08. The fourth-order valence-electron chi connectivity index (χ4n) is 5.08. The van der Waals surface area contributed by atoms with E-state index in [-0.39, 0.29) is 0 Å². The average Bonchev–Trinajstić information content (AvgIpc) is 2.86. The molecule has 0 spiro atoms. The molecule has 2 fully saturated rings. The van der Waals surface area contributed by atoms with Crippen LogP contribution in [0.4, 0.5) is 0 Å². The van der Waals surface area contributed by atoms with Crippen molar-refractivity contribution >= 4 is 5.70 Å². The monoisotopic (exact) mass is 431 g/mol. The van der Waals surface area contributed by atoms with Gasteiger partial charge in [0, 0.05) is 45.0 Å². The van der Waals surface area contributed by atoms with Crippen LogP contribution >= 0.6 is 0 Å². The van der Waals surface area contributed by atoms with Gasteiger partial charge in [0.2, 0.25) is 0 Å². The number of rotatable bonds is 8. The summed E-state index contributed by atoms with van der Waals surface area (Å²) in [7, 11) is 0. The Morgan fingerprint density at radius 1 is 0.906 bits per heavy atom. The van der Waals surface area contributed by atoms with Gasteiger partial charge in [-0.3, -0.25) is 0 Å². The first kappa shape index (κ1) is 24.3. The van der Waals surface area contributed by atoms with Crippen LogP contribution in [0.1, 0.15) is 42.4 Å². The summed E-state index contributed by atoms with van der Waals surface area (Å²) < 4.78 is 0. The van der Waals surface area contributed by atoms with Gasteiger partial charge < -0.3 is 15.5 Å². The molecule has 2 aliphatic rings. The van der Waals surface area contributed by atoms with E-state index in [4.69, 9.17) is 0 Å². The van der Waals surface area contributed by atoms with Crippen molar-refractivity contribution in [2.75, 3.05) is 39.3 Å². The van der Waals surface area contributed by atoms with E-state index in [1.165, 1.54) is 62.0 Å². The van der Waals surface area contributed by atoms with Gasteiger partial charge in [-0.1, -0.05) is 68.0 Å². The molecule has 0 amide bonds. The Balaban J connectivity index is 0.00000141. The third kappa shape index (κ3) is 7.36. The van der Waals surface area contributed by atoms with Crippen molar-refractivity contribution in [1.29, 1.82) is 0 Å². The van der Waals surface area contributed by atoms with Gasteiger partial charge in [-0.2, -0.15) is 0 Å². The maximum Gasteiger partial charge on any atom is 0.0340 e. The van der Waals surface area contributed by atoms with Gasteiger partial charge in [-0.15, -0.1) is 13.2 Å². The van der Waals surface area contributed by atoms with Crippen molar-refractivity contribution in [2.45, 2.75) is 32.1 Å². The van der Waals surface area contributed by atoms with E-state index < -0.39 is 0 Å². The Labute approximate surface area is 195 Å². The minimum atomic E-state index is 0.762. The Kier molecular flexibility index (Phi) is 10.1. The minimum Gasteiger partial charge on any atom is -0.385 e. The molecule has 0 bridgehead atoms. The smallest absolute Gasteiger partial charge is 0.0340 e. The molecule has 0 radical (unpaired) electrons. The van der Waals surface area contributed by atoms with Gasteiger partial charge >= 0.3 is 0 Å². The summed E-state index contributed by atoms with van der Waals surface area (Å²) in [5.41, 5.74) is 4.98. The highest BCUT2D eigenvalue weighted by molar-refractivity contribution is 5.62. The molecule has 2 aromatic rings. The quantitative estimate of drug-likeness (QED) is 0.552. The second-order valence-electron chi connectivity index (χ2n) is 9.08.